The molecule has 3 rings (SSSR count). The first-order valence-corrected chi connectivity index (χ1v) is 7.74. The Hall–Kier alpha value is -1.68. The minimum atomic E-state index is -0.502. The van der Waals surface area contributed by atoms with Gasteiger partial charge in [-0.1, -0.05) is 24.3 Å². The number of anilines is 1. The number of hydrogen-bond donors (Lipinski definition) is 0. The molecule has 0 N–H and O–H groups in total. The van der Waals surface area contributed by atoms with Gasteiger partial charge in [0.2, 0.25) is 0 Å². The Kier molecular flexibility index (Phi) is 3.81. The van der Waals surface area contributed by atoms with Gasteiger partial charge in [0.05, 0.1) is 10.0 Å². The van der Waals surface area contributed by atoms with Crippen LogP contribution < -0.4 is 4.90 Å². The van der Waals surface area contributed by atoms with Crippen molar-refractivity contribution in [2.45, 2.75) is 25.8 Å². The predicted molar refractivity (Wildman–Crippen MR) is 85.1 cm³/mol. The number of benzene rings is 2. The van der Waals surface area contributed by atoms with E-state index in [0.29, 0.717) is 4.47 Å². The zero-order chi connectivity index (χ0) is 15.0. The molecular formula is C17H15BrFNO. The summed E-state index contributed by atoms with van der Waals surface area (Å²) in [7, 11) is 0. The summed E-state index contributed by atoms with van der Waals surface area (Å²) in [6.45, 7) is 2.00. The van der Waals surface area contributed by atoms with E-state index in [1.165, 1.54) is 6.07 Å². The van der Waals surface area contributed by atoms with Gasteiger partial charge >= 0.3 is 0 Å². The summed E-state index contributed by atoms with van der Waals surface area (Å²) < 4.78 is 14.5. The highest BCUT2D eigenvalue weighted by atomic mass is 79.9. The molecule has 0 aromatic heterocycles. The summed E-state index contributed by atoms with van der Waals surface area (Å²) in [5.74, 6) is -0.786. The number of hydrogen-bond acceptors (Lipinski definition) is 1. The largest absolute Gasteiger partial charge is 0.305 e. The molecule has 0 bridgehead atoms. The van der Waals surface area contributed by atoms with E-state index in [9.17, 15) is 9.18 Å². The Morgan fingerprint density at radius 2 is 2.00 bits per heavy atom. The van der Waals surface area contributed by atoms with Crippen molar-refractivity contribution in [3.63, 3.8) is 0 Å². The molecule has 1 heterocycles. The molecule has 0 spiro atoms. The molecule has 2 aromatic carbocycles. The summed E-state index contributed by atoms with van der Waals surface area (Å²) in [6.07, 6.45) is 1.83. The van der Waals surface area contributed by atoms with Crippen LogP contribution in [0.4, 0.5) is 10.1 Å². The number of carbonyl (C=O) groups excluding carboxylic acids is 1. The molecule has 0 fully saturated rings. The summed E-state index contributed by atoms with van der Waals surface area (Å²) in [5, 5.41) is 0. The first-order valence-electron chi connectivity index (χ1n) is 6.95. The molecule has 0 radical (unpaired) electrons. The van der Waals surface area contributed by atoms with Gasteiger partial charge in [-0.3, -0.25) is 4.79 Å². The Morgan fingerprint density at radius 1 is 1.24 bits per heavy atom. The third-order valence-corrected chi connectivity index (χ3v) is 4.54. The normalized spacial score (nSPS) is 17.5. The van der Waals surface area contributed by atoms with Crippen LogP contribution in [-0.4, -0.2) is 11.9 Å². The maximum Gasteiger partial charge on any atom is 0.261 e. The Balaban J connectivity index is 2.07. The molecule has 0 saturated heterocycles. The van der Waals surface area contributed by atoms with Crippen LogP contribution in [0.3, 0.4) is 0 Å². The van der Waals surface area contributed by atoms with E-state index in [-0.39, 0.29) is 17.5 Å². The number of aryl methyl sites for hydroxylation is 1. The maximum absolute atomic E-state index is 14.2. The SMILES string of the molecule is CC1CCc2ccccc2N1C(=O)c1cccc(Br)c1F. The van der Waals surface area contributed by atoms with Gasteiger partial charge in [0.15, 0.2) is 0 Å². The summed E-state index contributed by atoms with van der Waals surface area (Å²) in [5.41, 5.74) is 2.13. The highest BCUT2D eigenvalue weighted by Crippen LogP contribution is 2.32. The van der Waals surface area contributed by atoms with Crippen molar-refractivity contribution in [3.8, 4) is 0 Å². The van der Waals surface area contributed by atoms with E-state index in [1.54, 1.807) is 17.0 Å². The van der Waals surface area contributed by atoms with Gasteiger partial charge in [-0.15, -0.1) is 0 Å². The van der Waals surface area contributed by atoms with E-state index >= 15 is 0 Å². The number of para-hydroxylation sites is 1. The fraction of sp³-hybridized carbons (Fsp3) is 0.235. The second-order valence-corrected chi connectivity index (χ2v) is 6.15. The third-order valence-electron chi connectivity index (χ3n) is 3.92. The molecule has 2 aromatic rings. The number of nitrogens with zero attached hydrogens (tertiary/aromatic N) is 1. The molecular weight excluding hydrogens is 333 g/mol. The quantitative estimate of drug-likeness (QED) is 0.739. The van der Waals surface area contributed by atoms with Crippen LogP contribution in [0.25, 0.3) is 0 Å². The Labute approximate surface area is 131 Å². The molecule has 108 valence electrons. The minimum Gasteiger partial charge on any atom is -0.305 e. The highest BCUT2D eigenvalue weighted by Gasteiger charge is 2.30. The fourth-order valence-electron chi connectivity index (χ4n) is 2.80. The first kappa shape index (κ1) is 14.3. The average Bonchev–Trinajstić information content (AvgIpc) is 2.49. The molecule has 1 unspecified atom stereocenters. The van der Waals surface area contributed by atoms with E-state index in [0.717, 1.165) is 24.1 Å². The molecule has 2 nitrogen and oxygen atoms in total. The Morgan fingerprint density at radius 3 is 2.81 bits per heavy atom. The number of halogens is 2. The molecule has 4 heteroatoms. The van der Waals surface area contributed by atoms with Crippen molar-refractivity contribution in [2.24, 2.45) is 0 Å². The fourth-order valence-corrected chi connectivity index (χ4v) is 3.16. The van der Waals surface area contributed by atoms with Crippen LogP contribution in [0.15, 0.2) is 46.9 Å². The minimum absolute atomic E-state index is 0.0609. The van der Waals surface area contributed by atoms with Crippen molar-refractivity contribution < 1.29 is 9.18 Å². The molecule has 1 aliphatic rings. The van der Waals surface area contributed by atoms with Crippen molar-refractivity contribution in [1.29, 1.82) is 0 Å². The van der Waals surface area contributed by atoms with Crippen LogP contribution in [0, 0.1) is 5.82 Å². The average molecular weight is 348 g/mol. The summed E-state index contributed by atoms with van der Waals surface area (Å²) in [4.78, 5) is 14.5. The van der Waals surface area contributed by atoms with Gasteiger partial charge in [-0.2, -0.15) is 0 Å². The van der Waals surface area contributed by atoms with E-state index in [4.69, 9.17) is 0 Å². The molecule has 1 aliphatic heterocycles. The zero-order valence-corrected chi connectivity index (χ0v) is 13.2. The van der Waals surface area contributed by atoms with Crippen molar-refractivity contribution in [1.82, 2.24) is 0 Å². The van der Waals surface area contributed by atoms with Crippen LogP contribution in [0.5, 0.6) is 0 Å². The van der Waals surface area contributed by atoms with Crippen LogP contribution >= 0.6 is 15.9 Å². The van der Waals surface area contributed by atoms with E-state index in [1.807, 2.05) is 31.2 Å². The maximum atomic E-state index is 14.2. The molecule has 0 saturated carbocycles. The summed E-state index contributed by atoms with van der Waals surface area (Å²) >= 11 is 3.14. The monoisotopic (exact) mass is 347 g/mol. The molecule has 21 heavy (non-hydrogen) atoms. The number of rotatable bonds is 1. The van der Waals surface area contributed by atoms with Crippen molar-refractivity contribution in [3.05, 3.63) is 63.9 Å². The van der Waals surface area contributed by atoms with E-state index in [2.05, 4.69) is 15.9 Å². The van der Waals surface area contributed by atoms with Gasteiger partial charge in [0, 0.05) is 11.7 Å². The highest BCUT2D eigenvalue weighted by molar-refractivity contribution is 9.10. The lowest BCUT2D eigenvalue weighted by Crippen LogP contribution is -2.42. The topological polar surface area (TPSA) is 20.3 Å². The lowest BCUT2D eigenvalue weighted by Gasteiger charge is -2.35. The predicted octanol–water partition coefficient (Wildman–Crippen LogP) is 4.57. The van der Waals surface area contributed by atoms with Crippen LogP contribution in [0.1, 0.15) is 29.3 Å². The smallest absolute Gasteiger partial charge is 0.261 e. The van der Waals surface area contributed by atoms with Gasteiger partial charge < -0.3 is 4.90 Å². The second kappa shape index (κ2) is 5.60. The van der Waals surface area contributed by atoms with E-state index < -0.39 is 5.82 Å². The van der Waals surface area contributed by atoms with Crippen LogP contribution in [-0.2, 0) is 6.42 Å². The lowest BCUT2D eigenvalue weighted by molar-refractivity contribution is 0.0971. The van der Waals surface area contributed by atoms with Crippen LogP contribution in [0.2, 0.25) is 0 Å². The molecule has 1 amide bonds. The zero-order valence-electron chi connectivity index (χ0n) is 11.6. The van der Waals surface area contributed by atoms with Crippen molar-refractivity contribution in [2.75, 3.05) is 4.90 Å². The number of fused-ring (bicyclic) bond motifs is 1. The summed E-state index contributed by atoms with van der Waals surface area (Å²) in [6, 6.07) is 12.7. The standard InChI is InChI=1S/C17H15BrFNO/c1-11-9-10-12-5-2-3-8-15(12)20(11)17(21)13-6-4-7-14(18)16(13)19/h2-8,11H,9-10H2,1H3. The van der Waals surface area contributed by atoms with Gasteiger partial charge in [-0.25, -0.2) is 4.39 Å². The Bertz CT molecular complexity index is 701. The number of carbonyl (C=O) groups is 1. The molecule has 0 aliphatic carbocycles. The van der Waals surface area contributed by atoms with Gasteiger partial charge in [-0.05, 0) is 59.5 Å². The van der Waals surface area contributed by atoms with Gasteiger partial charge in [0.25, 0.3) is 5.91 Å². The third kappa shape index (κ3) is 2.48. The van der Waals surface area contributed by atoms with Gasteiger partial charge in [0.1, 0.15) is 5.82 Å². The first-order chi connectivity index (χ1) is 10.1. The van der Waals surface area contributed by atoms with Crippen molar-refractivity contribution >= 4 is 27.5 Å². The second-order valence-electron chi connectivity index (χ2n) is 5.29. The lowest BCUT2D eigenvalue weighted by atomic mass is 9.95. The number of amides is 1. The molecule has 1 atom stereocenters.